The van der Waals surface area contributed by atoms with Crippen molar-refractivity contribution >= 4 is 5.97 Å². The van der Waals surface area contributed by atoms with Gasteiger partial charge in [0.05, 0.1) is 18.8 Å². The number of benzene rings is 1. The molecule has 3 atom stereocenters. The van der Waals surface area contributed by atoms with E-state index in [1.807, 2.05) is 37.4 Å². The fourth-order valence-electron chi connectivity index (χ4n) is 2.73. The SMILES string of the molecule is CN1O[C@H]2CCOC(=O)[C@H]2C1c1ccccc1. The van der Waals surface area contributed by atoms with Crippen molar-refractivity contribution < 1.29 is 14.4 Å². The number of carbonyl (C=O) groups is 1. The summed E-state index contributed by atoms with van der Waals surface area (Å²) in [6, 6.07) is 9.93. The minimum absolute atomic E-state index is 0.0333. The zero-order chi connectivity index (χ0) is 11.8. The van der Waals surface area contributed by atoms with Crippen LogP contribution >= 0.6 is 0 Å². The molecule has 0 saturated carbocycles. The molecule has 2 aliphatic rings. The second kappa shape index (κ2) is 4.13. The van der Waals surface area contributed by atoms with Crippen molar-refractivity contribution in [2.75, 3.05) is 13.7 Å². The van der Waals surface area contributed by atoms with E-state index in [0.29, 0.717) is 6.61 Å². The van der Waals surface area contributed by atoms with Crippen molar-refractivity contribution in [1.82, 2.24) is 5.06 Å². The molecular formula is C13H15NO3. The standard InChI is InChI=1S/C13H15NO3/c1-14-12(9-5-3-2-4-6-9)11-10(17-14)7-8-16-13(11)15/h2-6,10-12H,7-8H2,1H3/t10-,11+,12?/m0/s1. The Morgan fingerprint density at radius 3 is 2.82 bits per heavy atom. The highest BCUT2D eigenvalue weighted by Gasteiger charge is 2.49. The van der Waals surface area contributed by atoms with Crippen LogP contribution in [0, 0.1) is 5.92 Å². The molecular weight excluding hydrogens is 218 g/mol. The van der Waals surface area contributed by atoms with Crippen LogP contribution in [0.25, 0.3) is 0 Å². The van der Waals surface area contributed by atoms with Gasteiger partial charge in [-0.2, -0.15) is 5.06 Å². The first-order chi connectivity index (χ1) is 8.27. The maximum absolute atomic E-state index is 11.9. The summed E-state index contributed by atoms with van der Waals surface area (Å²) in [6.45, 7) is 0.468. The molecule has 0 bridgehead atoms. The molecule has 1 aromatic rings. The molecule has 2 aliphatic heterocycles. The topological polar surface area (TPSA) is 38.8 Å². The number of cyclic esters (lactones) is 1. The summed E-state index contributed by atoms with van der Waals surface area (Å²) in [7, 11) is 1.88. The van der Waals surface area contributed by atoms with Crippen molar-refractivity contribution in [1.29, 1.82) is 0 Å². The van der Waals surface area contributed by atoms with Gasteiger partial charge in [-0.25, -0.2) is 0 Å². The number of nitrogens with zero attached hydrogens (tertiary/aromatic N) is 1. The number of esters is 1. The van der Waals surface area contributed by atoms with Crippen molar-refractivity contribution in [2.45, 2.75) is 18.6 Å². The van der Waals surface area contributed by atoms with E-state index >= 15 is 0 Å². The first kappa shape index (κ1) is 10.7. The van der Waals surface area contributed by atoms with Crippen molar-refractivity contribution in [3.05, 3.63) is 35.9 Å². The molecule has 0 aromatic heterocycles. The van der Waals surface area contributed by atoms with Gasteiger partial charge in [-0.05, 0) is 5.56 Å². The van der Waals surface area contributed by atoms with Gasteiger partial charge in [0.1, 0.15) is 5.92 Å². The molecule has 1 unspecified atom stereocenters. The number of hydrogen-bond donors (Lipinski definition) is 0. The van der Waals surface area contributed by atoms with E-state index < -0.39 is 0 Å². The minimum atomic E-state index is -0.198. The van der Waals surface area contributed by atoms with Gasteiger partial charge in [-0.15, -0.1) is 0 Å². The Bertz CT molecular complexity index is 420. The van der Waals surface area contributed by atoms with E-state index in [-0.39, 0.29) is 24.0 Å². The number of fused-ring (bicyclic) bond motifs is 1. The molecule has 4 heteroatoms. The second-order valence-electron chi connectivity index (χ2n) is 4.53. The lowest BCUT2D eigenvalue weighted by molar-refractivity contribution is -0.168. The molecule has 3 rings (SSSR count). The Balaban J connectivity index is 1.95. The van der Waals surface area contributed by atoms with Gasteiger partial charge in [-0.3, -0.25) is 9.63 Å². The van der Waals surface area contributed by atoms with Crippen molar-refractivity contribution in [3.63, 3.8) is 0 Å². The van der Waals surface area contributed by atoms with Gasteiger partial charge in [0.15, 0.2) is 0 Å². The molecule has 2 saturated heterocycles. The number of rotatable bonds is 1. The summed E-state index contributed by atoms with van der Waals surface area (Å²) in [6.07, 6.45) is 0.746. The fraction of sp³-hybridized carbons (Fsp3) is 0.462. The van der Waals surface area contributed by atoms with Gasteiger partial charge in [0, 0.05) is 13.5 Å². The van der Waals surface area contributed by atoms with Gasteiger partial charge >= 0.3 is 5.97 Å². The van der Waals surface area contributed by atoms with E-state index in [0.717, 1.165) is 12.0 Å². The number of carbonyl (C=O) groups excluding carboxylic acids is 1. The number of ether oxygens (including phenoxy) is 1. The summed E-state index contributed by atoms with van der Waals surface area (Å²) in [5, 5.41) is 1.79. The molecule has 0 N–H and O–H groups in total. The van der Waals surface area contributed by atoms with Crippen LogP contribution in [0.4, 0.5) is 0 Å². The summed E-state index contributed by atoms with van der Waals surface area (Å²) in [5.74, 6) is -0.337. The molecule has 0 spiro atoms. The summed E-state index contributed by atoms with van der Waals surface area (Å²) in [4.78, 5) is 17.6. The van der Waals surface area contributed by atoms with Crippen LogP contribution in [0.2, 0.25) is 0 Å². The lowest BCUT2D eigenvalue weighted by Crippen LogP contribution is -2.36. The Hall–Kier alpha value is -1.39. The first-order valence-electron chi connectivity index (χ1n) is 5.88. The first-order valence-corrected chi connectivity index (χ1v) is 5.88. The highest BCUT2D eigenvalue weighted by atomic mass is 16.7. The molecule has 0 amide bonds. The van der Waals surface area contributed by atoms with Gasteiger partial charge in [-0.1, -0.05) is 30.3 Å². The smallest absolute Gasteiger partial charge is 0.313 e. The molecule has 17 heavy (non-hydrogen) atoms. The Morgan fingerprint density at radius 2 is 2.06 bits per heavy atom. The van der Waals surface area contributed by atoms with Crippen LogP contribution in [-0.4, -0.2) is 30.8 Å². The van der Waals surface area contributed by atoms with Crippen molar-refractivity contribution in [3.8, 4) is 0 Å². The number of hydroxylamine groups is 2. The van der Waals surface area contributed by atoms with E-state index in [9.17, 15) is 4.79 Å². The monoisotopic (exact) mass is 233 g/mol. The number of hydrogen-bond acceptors (Lipinski definition) is 4. The average molecular weight is 233 g/mol. The van der Waals surface area contributed by atoms with E-state index in [1.165, 1.54) is 0 Å². The van der Waals surface area contributed by atoms with Gasteiger partial charge < -0.3 is 4.74 Å². The third kappa shape index (κ3) is 1.73. The predicted molar refractivity (Wildman–Crippen MR) is 60.9 cm³/mol. The summed E-state index contributed by atoms with van der Waals surface area (Å²) in [5.41, 5.74) is 1.10. The maximum atomic E-state index is 11.9. The second-order valence-corrected chi connectivity index (χ2v) is 4.53. The predicted octanol–water partition coefficient (Wildman–Crippen LogP) is 1.54. The maximum Gasteiger partial charge on any atom is 0.313 e. The van der Waals surface area contributed by atoms with Crippen LogP contribution in [0.15, 0.2) is 30.3 Å². The molecule has 1 aromatic carbocycles. The van der Waals surface area contributed by atoms with E-state index in [2.05, 4.69) is 0 Å². The van der Waals surface area contributed by atoms with Gasteiger partial charge in [0.2, 0.25) is 0 Å². The fourth-order valence-corrected chi connectivity index (χ4v) is 2.73. The lowest BCUT2D eigenvalue weighted by atomic mass is 9.87. The largest absolute Gasteiger partial charge is 0.465 e. The van der Waals surface area contributed by atoms with Crippen LogP contribution in [0.1, 0.15) is 18.0 Å². The summed E-state index contributed by atoms with van der Waals surface area (Å²) < 4.78 is 5.15. The quantitative estimate of drug-likeness (QED) is 0.690. The average Bonchev–Trinajstić information content (AvgIpc) is 2.68. The zero-order valence-electron chi connectivity index (χ0n) is 9.70. The molecule has 0 aliphatic carbocycles. The molecule has 2 heterocycles. The molecule has 4 nitrogen and oxygen atoms in total. The van der Waals surface area contributed by atoms with E-state index in [1.54, 1.807) is 5.06 Å². The highest BCUT2D eigenvalue weighted by molar-refractivity contribution is 5.75. The van der Waals surface area contributed by atoms with Crippen LogP contribution in [0.3, 0.4) is 0 Å². The van der Waals surface area contributed by atoms with Crippen molar-refractivity contribution in [2.24, 2.45) is 5.92 Å². The molecule has 0 radical (unpaired) electrons. The highest BCUT2D eigenvalue weighted by Crippen LogP contribution is 2.41. The van der Waals surface area contributed by atoms with Gasteiger partial charge in [0.25, 0.3) is 0 Å². The van der Waals surface area contributed by atoms with E-state index in [4.69, 9.17) is 9.57 Å². The zero-order valence-corrected chi connectivity index (χ0v) is 9.70. The van der Waals surface area contributed by atoms with Crippen LogP contribution in [-0.2, 0) is 14.4 Å². The third-order valence-electron chi connectivity index (χ3n) is 3.49. The Kier molecular flexibility index (Phi) is 2.61. The Labute approximate surface area is 100 Å². The molecule has 2 fully saturated rings. The minimum Gasteiger partial charge on any atom is -0.465 e. The van der Waals surface area contributed by atoms with Crippen LogP contribution in [0.5, 0.6) is 0 Å². The molecule has 90 valence electrons. The normalized spacial score (nSPS) is 33.2. The van der Waals surface area contributed by atoms with Crippen LogP contribution < -0.4 is 0 Å². The summed E-state index contributed by atoms with van der Waals surface area (Å²) >= 11 is 0. The Morgan fingerprint density at radius 1 is 1.29 bits per heavy atom. The lowest BCUT2D eigenvalue weighted by Gasteiger charge is -2.25. The third-order valence-corrected chi connectivity index (χ3v) is 3.49.